The number of nitrogens with zero attached hydrogens (tertiary/aromatic N) is 5. The zero-order chi connectivity index (χ0) is 20.9. The van der Waals surface area contributed by atoms with Crippen molar-refractivity contribution in [3.05, 3.63) is 39.3 Å². The van der Waals surface area contributed by atoms with Crippen molar-refractivity contribution in [3.63, 3.8) is 0 Å². The first-order chi connectivity index (χ1) is 15.2. The molecule has 0 unspecified atom stereocenters. The fraction of sp³-hybridized carbons (Fsp3) is 0.455. The van der Waals surface area contributed by atoms with Crippen molar-refractivity contribution in [3.8, 4) is 11.6 Å². The van der Waals surface area contributed by atoms with Crippen molar-refractivity contribution in [2.24, 2.45) is 0 Å². The lowest BCUT2D eigenvalue weighted by molar-refractivity contribution is -0.132. The first-order valence-electron chi connectivity index (χ1n) is 11.0. The monoisotopic (exact) mass is 437 g/mol. The van der Waals surface area contributed by atoms with Crippen LogP contribution in [0, 0.1) is 0 Å². The van der Waals surface area contributed by atoms with Gasteiger partial charge in [0.1, 0.15) is 11.4 Å². The molecule has 6 rings (SSSR count). The van der Waals surface area contributed by atoms with E-state index in [0.717, 1.165) is 68.3 Å². The molecule has 0 bridgehead atoms. The summed E-state index contributed by atoms with van der Waals surface area (Å²) in [4.78, 5) is 35.2. The molecule has 4 aromatic heterocycles. The number of carbonyl (C=O) groups is 1. The number of rotatable bonds is 3. The number of carbonyl (C=O) groups excluding carboxylic acids is 1. The SMILES string of the molecule is O=C(Cn1c(=O)n2nc(-c3ccco3)nc2c2c3c(sc21)CCCC3)N1CCCCC1. The van der Waals surface area contributed by atoms with E-state index in [4.69, 9.17) is 9.40 Å². The van der Waals surface area contributed by atoms with Crippen molar-refractivity contribution in [2.75, 3.05) is 13.1 Å². The molecule has 9 heteroatoms. The molecule has 0 aromatic carbocycles. The van der Waals surface area contributed by atoms with E-state index in [-0.39, 0.29) is 18.1 Å². The summed E-state index contributed by atoms with van der Waals surface area (Å²) >= 11 is 1.64. The Kier molecular flexibility index (Phi) is 4.45. The van der Waals surface area contributed by atoms with Gasteiger partial charge in [0, 0.05) is 18.0 Å². The van der Waals surface area contributed by atoms with Crippen LogP contribution in [-0.2, 0) is 24.2 Å². The van der Waals surface area contributed by atoms with E-state index in [1.807, 2.05) is 4.90 Å². The lowest BCUT2D eigenvalue weighted by Gasteiger charge is -2.27. The van der Waals surface area contributed by atoms with Crippen LogP contribution >= 0.6 is 11.3 Å². The van der Waals surface area contributed by atoms with Crippen molar-refractivity contribution >= 4 is 33.1 Å². The number of hydrogen-bond donors (Lipinski definition) is 0. The number of aromatic nitrogens is 4. The van der Waals surface area contributed by atoms with Gasteiger partial charge < -0.3 is 9.32 Å². The van der Waals surface area contributed by atoms with Crippen molar-refractivity contribution in [1.29, 1.82) is 0 Å². The summed E-state index contributed by atoms with van der Waals surface area (Å²) in [6, 6.07) is 3.56. The van der Waals surface area contributed by atoms with Crippen LogP contribution in [0.3, 0.4) is 0 Å². The molecule has 160 valence electrons. The number of furan rings is 1. The number of thiophene rings is 1. The molecular formula is C22H23N5O3S. The lowest BCUT2D eigenvalue weighted by atomic mass is 9.97. The Bertz CT molecular complexity index is 1340. The van der Waals surface area contributed by atoms with Crippen LogP contribution in [-0.4, -0.2) is 43.1 Å². The van der Waals surface area contributed by atoms with Gasteiger partial charge in [-0.2, -0.15) is 4.52 Å². The highest BCUT2D eigenvalue weighted by atomic mass is 32.1. The summed E-state index contributed by atoms with van der Waals surface area (Å²) < 4.78 is 8.43. The fourth-order valence-electron chi connectivity index (χ4n) is 4.81. The third kappa shape index (κ3) is 3.02. The molecule has 31 heavy (non-hydrogen) atoms. The topological polar surface area (TPSA) is 85.6 Å². The number of piperidine rings is 1. The van der Waals surface area contributed by atoms with E-state index in [0.29, 0.717) is 17.2 Å². The minimum absolute atomic E-state index is 0.000181. The molecule has 1 aliphatic heterocycles. The lowest BCUT2D eigenvalue weighted by Crippen LogP contribution is -2.40. The zero-order valence-corrected chi connectivity index (χ0v) is 18.0. The standard InChI is InChI=1S/C22H23N5O3S/c28-17(25-10-4-1-5-11-25)13-26-21-18(14-7-2-3-9-16(14)31-21)20-23-19(15-8-6-12-30-15)24-27(20)22(26)29/h6,8,12H,1-5,7,9-11,13H2. The van der Waals surface area contributed by atoms with Crippen LogP contribution in [0.4, 0.5) is 0 Å². The highest BCUT2D eigenvalue weighted by molar-refractivity contribution is 7.19. The molecule has 0 N–H and O–H groups in total. The van der Waals surface area contributed by atoms with Crippen LogP contribution in [0.2, 0.25) is 0 Å². The average molecular weight is 438 g/mol. The van der Waals surface area contributed by atoms with Gasteiger partial charge in [0.05, 0.1) is 11.6 Å². The predicted octanol–water partition coefficient (Wildman–Crippen LogP) is 3.26. The molecule has 0 atom stereocenters. The maximum Gasteiger partial charge on any atom is 0.352 e. The second-order valence-electron chi connectivity index (χ2n) is 8.35. The Morgan fingerprint density at radius 2 is 1.97 bits per heavy atom. The highest BCUT2D eigenvalue weighted by Crippen LogP contribution is 2.38. The summed E-state index contributed by atoms with van der Waals surface area (Å²) in [5.74, 6) is 0.913. The largest absolute Gasteiger partial charge is 0.461 e. The van der Waals surface area contributed by atoms with Gasteiger partial charge in [-0.05, 0) is 62.6 Å². The molecule has 0 radical (unpaired) electrons. The van der Waals surface area contributed by atoms with Gasteiger partial charge in [0.15, 0.2) is 11.4 Å². The first-order valence-corrected chi connectivity index (χ1v) is 11.8. The molecule has 0 spiro atoms. The maximum atomic E-state index is 13.5. The Morgan fingerprint density at radius 1 is 1.13 bits per heavy atom. The van der Waals surface area contributed by atoms with Crippen LogP contribution < -0.4 is 5.69 Å². The molecule has 1 fully saturated rings. The van der Waals surface area contributed by atoms with Crippen molar-refractivity contribution in [2.45, 2.75) is 51.5 Å². The number of amides is 1. The van der Waals surface area contributed by atoms with E-state index in [1.54, 1.807) is 34.3 Å². The summed E-state index contributed by atoms with van der Waals surface area (Å²) in [7, 11) is 0. The Hall–Kier alpha value is -2.94. The molecule has 8 nitrogen and oxygen atoms in total. The predicted molar refractivity (Wildman–Crippen MR) is 117 cm³/mol. The minimum Gasteiger partial charge on any atom is -0.461 e. The van der Waals surface area contributed by atoms with E-state index in [2.05, 4.69) is 5.10 Å². The van der Waals surface area contributed by atoms with Crippen molar-refractivity contribution < 1.29 is 9.21 Å². The maximum absolute atomic E-state index is 13.5. The molecule has 1 aliphatic carbocycles. The normalized spacial score (nSPS) is 16.8. The number of likely N-dealkylation sites (tertiary alicyclic amines) is 1. The van der Waals surface area contributed by atoms with E-state index in [1.165, 1.54) is 15.0 Å². The van der Waals surface area contributed by atoms with Crippen LogP contribution in [0.5, 0.6) is 0 Å². The first kappa shape index (κ1) is 18.8. The van der Waals surface area contributed by atoms with Gasteiger partial charge in [-0.25, -0.2) is 9.78 Å². The van der Waals surface area contributed by atoms with Gasteiger partial charge >= 0.3 is 5.69 Å². The summed E-state index contributed by atoms with van der Waals surface area (Å²) in [5.41, 5.74) is 1.50. The number of aryl methyl sites for hydroxylation is 2. The quantitative estimate of drug-likeness (QED) is 0.491. The smallest absolute Gasteiger partial charge is 0.352 e. The highest BCUT2D eigenvalue weighted by Gasteiger charge is 2.26. The molecule has 5 heterocycles. The average Bonchev–Trinajstić information content (AvgIpc) is 3.54. The fourth-order valence-corrected chi connectivity index (χ4v) is 6.19. The summed E-state index contributed by atoms with van der Waals surface area (Å²) in [6.45, 7) is 1.58. The molecule has 2 aliphatic rings. The van der Waals surface area contributed by atoms with Gasteiger partial charge in [0.2, 0.25) is 11.7 Å². The van der Waals surface area contributed by atoms with Gasteiger partial charge in [0.25, 0.3) is 0 Å². The molecule has 1 saturated heterocycles. The van der Waals surface area contributed by atoms with E-state index >= 15 is 0 Å². The summed E-state index contributed by atoms with van der Waals surface area (Å²) in [6.07, 6.45) is 9.02. The van der Waals surface area contributed by atoms with Gasteiger partial charge in [-0.3, -0.25) is 9.36 Å². The third-order valence-electron chi connectivity index (χ3n) is 6.38. The second-order valence-corrected chi connectivity index (χ2v) is 9.43. The molecule has 1 amide bonds. The Labute approximate surface area is 182 Å². The van der Waals surface area contributed by atoms with E-state index in [9.17, 15) is 9.59 Å². The van der Waals surface area contributed by atoms with Crippen LogP contribution in [0.15, 0.2) is 27.6 Å². The van der Waals surface area contributed by atoms with Crippen molar-refractivity contribution in [1.82, 2.24) is 24.1 Å². The van der Waals surface area contributed by atoms with Crippen LogP contribution in [0.25, 0.3) is 27.4 Å². The second kappa shape index (κ2) is 7.33. The minimum atomic E-state index is -0.322. The number of hydrogen-bond acceptors (Lipinski definition) is 6. The molecular weight excluding hydrogens is 414 g/mol. The van der Waals surface area contributed by atoms with Crippen LogP contribution in [0.1, 0.15) is 42.5 Å². The molecule has 0 saturated carbocycles. The third-order valence-corrected chi connectivity index (χ3v) is 7.70. The Morgan fingerprint density at radius 3 is 2.77 bits per heavy atom. The van der Waals surface area contributed by atoms with E-state index < -0.39 is 0 Å². The van der Waals surface area contributed by atoms with Gasteiger partial charge in [-0.1, -0.05) is 0 Å². The summed E-state index contributed by atoms with van der Waals surface area (Å²) in [5, 5.41) is 5.44. The van der Waals surface area contributed by atoms with Gasteiger partial charge in [-0.15, -0.1) is 16.4 Å². The molecule has 4 aromatic rings. The Balaban J connectivity index is 1.56. The number of fused-ring (bicyclic) bond motifs is 5. The zero-order valence-electron chi connectivity index (χ0n) is 17.2.